The summed E-state index contributed by atoms with van der Waals surface area (Å²) in [6.45, 7) is 7.49. The van der Waals surface area contributed by atoms with Gasteiger partial charge in [0.25, 0.3) is 0 Å². The van der Waals surface area contributed by atoms with Gasteiger partial charge in [-0.3, -0.25) is 4.79 Å². The highest BCUT2D eigenvalue weighted by atomic mass is 28.3. The van der Waals surface area contributed by atoms with Crippen LogP contribution in [0.5, 0.6) is 0 Å². The van der Waals surface area contributed by atoms with Crippen molar-refractivity contribution in [1.29, 1.82) is 0 Å². The van der Waals surface area contributed by atoms with E-state index in [0.717, 1.165) is 12.1 Å². The van der Waals surface area contributed by atoms with Crippen LogP contribution in [-0.2, 0) is 0 Å². The molecule has 0 aliphatic carbocycles. The fourth-order valence-corrected chi connectivity index (χ4v) is 5.02. The van der Waals surface area contributed by atoms with Gasteiger partial charge in [0.2, 0.25) is 5.78 Å². The number of hydrogen-bond donors (Lipinski definition) is 0. The van der Waals surface area contributed by atoms with E-state index in [0.29, 0.717) is 5.71 Å². The number of hydrogen-bond acceptors (Lipinski definition) is 3. The lowest BCUT2D eigenvalue weighted by atomic mass is 10.1. The van der Waals surface area contributed by atoms with Crippen molar-refractivity contribution in [1.82, 2.24) is 4.67 Å². The normalized spacial score (nSPS) is 19.3. The molecule has 3 nitrogen and oxygen atoms in total. The standard InChI is InChI=1S/C15H22N2OSi/c1-13(15(18)14-9-5-4-6-10-14)16-17-11-7-8-12-19(17,2)3/h4-6,9-10H,7-8,11-12H2,1-3H3. The Bertz CT molecular complexity index is 482. The maximum atomic E-state index is 12.3. The third-order valence-corrected chi connectivity index (χ3v) is 7.04. The van der Waals surface area contributed by atoms with Gasteiger partial charge in [-0.1, -0.05) is 49.8 Å². The van der Waals surface area contributed by atoms with Crippen molar-refractivity contribution in [2.45, 2.75) is 38.9 Å². The predicted molar refractivity (Wildman–Crippen MR) is 82.1 cm³/mol. The van der Waals surface area contributed by atoms with Crippen LogP contribution in [0.2, 0.25) is 19.1 Å². The first-order chi connectivity index (χ1) is 9.00. The average molecular weight is 274 g/mol. The molecule has 4 heteroatoms. The van der Waals surface area contributed by atoms with Gasteiger partial charge in [-0.2, -0.15) is 5.10 Å². The van der Waals surface area contributed by atoms with E-state index in [-0.39, 0.29) is 5.78 Å². The van der Waals surface area contributed by atoms with Crippen molar-refractivity contribution < 1.29 is 4.79 Å². The van der Waals surface area contributed by atoms with Crippen molar-refractivity contribution in [2.75, 3.05) is 6.54 Å². The zero-order valence-electron chi connectivity index (χ0n) is 12.0. The van der Waals surface area contributed by atoms with E-state index >= 15 is 0 Å². The number of rotatable bonds is 3. The van der Waals surface area contributed by atoms with Gasteiger partial charge in [0.05, 0.1) is 0 Å². The molecule has 0 saturated carbocycles. The second kappa shape index (κ2) is 5.69. The topological polar surface area (TPSA) is 32.7 Å². The molecule has 1 aliphatic heterocycles. The second-order valence-electron chi connectivity index (χ2n) is 5.77. The molecule has 1 heterocycles. The Kier molecular flexibility index (Phi) is 4.19. The molecule has 0 radical (unpaired) electrons. The summed E-state index contributed by atoms with van der Waals surface area (Å²) < 4.78 is 2.21. The van der Waals surface area contributed by atoms with Gasteiger partial charge >= 0.3 is 0 Å². The van der Waals surface area contributed by atoms with Crippen molar-refractivity contribution in [3.8, 4) is 0 Å². The zero-order chi connectivity index (χ0) is 13.9. The lowest BCUT2D eigenvalue weighted by Gasteiger charge is -2.38. The van der Waals surface area contributed by atoms with E-state index in [4.69, 9.17) is 0 Å². The number of nitrogens with zero attached hydrogens (tertiary/aromatic N) is 2. The minimum Gasteiger partial charge on any atom is -0.324 e. The van der Waals surface area contributed by atoms with Crippen molar-refractivity contribution in [3.05, 3.63) is 35.9 Å². The molecular weight excluding hydrogens is 252 g/mol. The maximum absolute atomic E-state index is 12.3. The van der Waals surface area contributed by atoms with Crippen LogP contribution < -0.4 is 0 Å². The quantitative estimate of drug-likeness (QED) is 0.480. The van der Waals surface area contributed by atoms with Crippen LogP contribution in [-0.4, -0.2) is 30.9 Å². The van der Waals surface area contributed by atoms with Crippen LogP contribution >= 0.6 is 0 Å². The highest BCUT2D eigenvalue weighted by Crippen LogP contribution is 2.25. The van der Waals surface area contributed by atoms with Gasteiger partial charge in [0.15, 0.2) is 8.24 Å². The summed E-state index contributed by atoms with van der Waals surface area (Å²) >= 11 is 0. The van der Waals surface area contributed by atoms with E-state index in [1.165, 1.54) is 18.9 Å². The smallest absolute Gasteiger partial charge is 0.208 e. The Morgan fingerprint density at radius 2 is 1.89 bits per heavy atom. The van der Waals surface area contributed by atoms with Crippen molar-refractivity contribution >= 4 is 19.7 Å². The summed E-state index contributed by atoms with van der Waals surface area (Å²) in [5.74, 6) is 0.0379. The predicted octanol–water partition coefficient (Wildman–Crippen LogP) is 3.55. The molecule has 0 bridgehead atoms. The number of benzene rings is 1. The average Bonchev–Trinajstić information content (AvgIpc) is 2.41. The molecule has 2 rings (SSSR count). The van der Waals surface area contributed by atoms with Gasteiger partial charge in [0.1, 0.15) is 5.71 Å². The molecule has 0 amide bonds. The minimum atomic E-state index is -1.44. The molecule has 1 fully saturated rings. The third-order valence-electron chi connectivity index (χ3n) is 3.74. The van der Waals surface area contributed by atoms with Crippen LogP contribution in [0, 0.1) is 0 Å². The molecule has 0 aromatic heterocycles. The summed E-state index contributed by atoms with van der Waals surface area (Å²) in [4.78, 5) is 12.3. The Hall–Kier alpha value is -1.42. The molecule has 1 saturated heterocycles. The van der Waals surface area contributed by atoms with E-state index in [9.17, 15) is 4.79 Å². The SMILES string of the molecule is CC(=NN1CCCC[Si]1(C)C)C(=O)c1ccccc1. The molecule has 0 spiro atoms. The summed E-state index contributed by atoms with van der Waals surface area (Å²) in [5, 5.41) is 4.63. The lowest BCUT2D eigenvalue weighted by molar-refractivity contribution is 0.106. The Morgan fingerprint density at radius 1 is 1.21 bits per heavy atom. The molecule has 0 N–H and O–H groups in total. The van der Waals surface area contributed by atoms with Gasteiger partial charge in [0, 0.05) is 12.1 Å². The molecule has 0 unspecified atom stereocenters. The number of ketones is 1. The van der Waals surface area contributed by atoms with Gasteiger partial charge in [-0.25, -0.2) is 0 Å². The van der Waals surface area contributed by atoms with E-state index < -0.39 is 8.24 Å². The van der Waals surface area contributed by atoms with Gasteiger partial charge < -0.3 is 4.67 Å². The summed E-state index contributed by atoms with van der Waals surface area (Å²) in [6, 6.07) is 10.7. The van der Waals surface area contributed by atoms with Gasteiger partial charge in [-0.15, -0.1) is 0 Å². The van der Waals surface area contributed by atoms with Crippen LogP contribution in [0.15, 0.2) is 35.4 Å². The van der Waals surface area contributed by atoms with Gasteiger partial charge in [-0.05, 0) is 19.4 Å². The molecule has 0 atom stereocenters. The molecular formula is C15H22N2OSi. The highest BCUT2D eigenvalue weighted by molar-refractivity contribution is 6.74. The monoisotopic (exact) mass is 274 g/mol. The molecule has 1 aromatic rings. The Balaban J connectivity index is 2.16. The summed E-state index contributed by atoms with van der Waals surface area (Å²) in [5.41, 5.74) is 1.33. The van der Waals surface area contributed by atoms with Crippen molar-refractivity contribution in [3.63, 3.8) is 0 Å². The molecule has 19 heavy (non-hydrogen) atoms. The maximum Gasteiger partial charge on any atom is 0.208 e. The highest BCUT2D eigenvalue weighted by Gasteiger charge is 2.32. The van der Waals surface area contributed by atoms with Crippen LogP contribution in [0.3, 0.4) is 0 Å². The van der Waals surface area contributed by atoms with E-state index in [2.05, 4.69) is 22.9 Å². The largest absolute Gasteiger partial charge is 0.324 e. The Labute approximate surface area is 116 Å². The second-order valence-corrected chi connectivity index (χ2v) is 10.4. The zero-order valence-corrected chi connectivity index (χ0v) is 13.0. The summed E-state index contributed by atoms with van der Waals surface area (Å²) in [6.07, 6.45) is 2.49. The third kappa shape index (κ3) is 3.32. The lowest BCUT2D eigenvalue weighted by Crippen LogP contribution is -2.49. The van der Waals surface area contributed by atoms with Crippen LogP contribution in [0.1, 0.15) is 30.1 Å². The van der Waals surface area contributed by atoms with Crippen LogP contribution in [0.4, 0.5) is 0 Å². The summed E-state index contributed by atoms with van der Waals surface area (Å²) in [7, 11) is -1.44. The first-order valence-corrected chi connectivity index (χ1v) is 10.1. The molecule has 1 aromatic carbocycles. The number of hydrazone groups is 1. The van der Waals surface area contributed by atoms with E-state index in [1.54, 1.807) is 0 Å². The fraction of sp³-hybridized carbons (Fsp3) is 0.467. The first-order valence-electron chi connectivity index (χ1n) is 6.93. The van der Waals surface area contributed by atoms with Crippen molar-refractivity contribution in [2.24, 2.45) is 5.10 Å². The van der Waals surface area contributed by atoms with Crippen LogP contribution in [0.25, 0.3) is 0 Å². The molecule has 102 valence electrons. The minimum absolute atomic E-state index is 0.0379. The Morgan fingerprint density at radius 3 is 2.53 bits per heavy atom. The molecule has 1 aliphatic rings. The fourth-order valence-electron chi connectivity index (χ4n) is 2.46. The number of Topliss-reactive ketones (excluding diaryl/α,β-unsaturated/α-hetero) is 1. The number of carbonyl (C=O) groups excluding carboxylic acids is 1. The number of carbonyl (C=O) groups is 1. The van der Waals surface area contributed by atoms with E-state index in [1.807, 2.05) is 37.3 Å². The first kappa shape index (κ1) is 14.0.